The highest BCUT2D eigenvalue weighted by Gasteiger charge is 2.23. The molecule has 2 aliphatic rings. The molecule has 1 aliphatic heterocycles. The molecule has 1 aromatic carbocycles. The highest BCUT2D eigenvalue weighted by molar-refractivity contribution is 6.32. The van der Waals surface area contributed by atoms with Crippen molar-refractivity contribution in [2.45, 2.75) is 45.2 Å². The molecular weight excluding hydrogens is 274 g/mol. The van der Waals surface area contributed by atoms with E-state index in [0.29, 0.717) is 30.0 Å². The van der Waals surface area contributed by atoms with Crippen molar-refractivity contribution in [3.05, 3.63) is 22.7 Å². The minimum atomic E-state index is 0.553. The summed E-state index contributed by atoms with van der Waals surface area (Å²) in [5.41, 5.74) is 1.15. The number of hydrogen-bond donors (Lipinski definition) is 1. The van der Waals surface area contributed by atoms with Gasteiger partial charge in [0.05, 0.1) is 18.2 Å². The Morgan fingerprint density at radius 3 is 2.90 bits per heavy atom. The van der Waals surface area contributed by atoms with Crippen LogP contribution in [0.5, 0.6) is 11.5 Å². The van der Waals surface area contributed by atoms with Crippen molar-refractivity contribution >= 4 is 11.6 Å². The molecule has 0 radical (unpaired) electrons. The maximum Gasteiger partial charge on any atom is 0.179 e. The normalized spacial score (nSPS) is 19.5. The van der Waals surface area contributed by atoms with Crippen molar-refractivity contribution < 1.29 is 9.47 Å². The fourth-order valence-corrected chi connectivity index (χ4v) is 2.90. The van der Waals surface area contributed by atoms with Crippen molar-refractivity contribution in [2.75, 3.05) is 13.2 Å². The molecule has 1 fully saturated rings. The Kier molecular flexibility index (Phi) is 4.37. The van der Waals surface area contributed by atoms with Gasteiger partial charge in [-0.15, -0.1) is 0 Å². The van der Waals surface area contributed by atoms with Gasteiger partial charge >= 0.3 is 0 Å². The van der Waals surface area contributed by atoms with Crippen LogP contribution >= 0.6 is 11.6 Å². The molecule has 1 aromatic rings. The third-order valence-electron chi connectivity index (χ3n) is 3.90. The number of rotatable bonds is 5. The summed E-state index contributed by atoms with van der Waals surface area (Å²) in [4.78, 5) is 0. The topological polar surface area (TPSA) is 30.5 Å². The molecule has 20 heavy (non-hydrogen) atoms. The molecule has 110 valence electrons. The first-order valence-electron chi connectivity index (χ1n) is 7.54. The molecule has 1 heterocycles. The Balaban J connectivity index is 1.64. The molecule has 1 unspecified atom stereocenters. The van der Waals surface area contributed by atoms with E-state index in [1.807, 2.05) is 12.1 Å². The molecule has 1 saturated carbocycles. The number of halogens is 1. The van der Waals surface area contributed by atoms with Gasteiger partial charge in [0.15, 0.2) is 11.5 Å². The molecule has 0 amide bonds. The third kappa shape index (κ3) is 3.58. The third-order valence-corrected chi connectivity index (χ3v) is 4.18. The fourth-order valence-electron chi connectivity index (χ4n) is 2.62. The molecule has 1 atom stereocenters. The lowest BCUT2D eigenvalue weighted by atomic mass is 10.1. The van der Waals surface area contributed by atoms with Gasteiger partial charge in [-0.05, 0) is 37.0 Å². The molecule has 1 N–H and O–H groups in total. The monoisotopic (exact) mass is 295 g/mol. The standard InChI is InChI=1S/C16H22ClNO2/c1-11(7-12-3-4-12)18-10-13-8-14(17)16-15(9-13)19-5-2-6-20-16/h8-9,11-12,18H,2-7,10H2,1H3. The second-order valence-electron chi connectivity index (χ2n) is 5.92. The van der Waals surface area contributed by atoms with Gasteiger partial charge in [-0.25, -0.2) is 0 Å². The predicted molar refractivity (Wildman–Crippen MR) is 80.7 cm³/mol. The second kappa shape index (κ2) is 6.23. The van der Waals surface area contributed by atoms with Gasteiger partial charge in [0.25, 0.3) is 0 Å². The second-order valence-corrected chi connectivity index (χ2v) is 6.32. The van der Waals surface area contributed by atoms with E-state index in [2.05, 4.69) is 12.2 Å². The maximum atomic E-state index is 6.30. The zero-order valence-electron chi connectivity index (χ0n) is 12.0. The van der Waals surface area contributed by atoms with E-state index in [1.165, 1.54) is 19.3 Å². The molecular formula is C16H22ClNO2. The van der Waals surface area contributed by atoms with E-state index in [0.717, 1.165) is 30.2 Å². The summed E-state index contributed by atoms with van der Waals surface area (Å²) in [6.07, 6.45) is 4.99. The first kappa shape index (κ1) is 14.0. The number of benzene rings is 1. The van der Waals surface area contributed by atoms with Crippen molar-refractivity contribution in [3.8, 4) is 11.5 Å². The zero-order valence-corrected chi connectivity index (χ0v) is 12.7. The van der Waals surface area contributed by atoms with Crippen molar-refractivity contribution in [3.63, 3.8) is 0 Å². The van der Waals surface area contributed by atoms with Gasteiger partial charge in [0.1, 0.15) is 0 Å². The van der Waals surface area contributed by atoms with Crippen LogP contribution < -0.4 is 14.8 Å². The van der Waals surface area contributed by atoms with E-state index in [1.54, 1.807) is 0 Å². The van der Waals surface area contributed by atoms with Gasteiger partial charge in [-0.3, -0.25) is 0 Å². The summed E-state index contributed by atoms with van der Waals surface area (Å²) in [6, 6.07) is 4.58. The molecule has 3 rings (SSSR count). The Bertz CT molecular complexity index is 474. The Labute approximate surface area is 125 Å². The molecule has 1 aliphatic carbocycles. The van der Waals surface area contributed by atoms with Crippen LogP contribution in [0, 0.1) is 5.92 Å². The number of ether oxygens (including phenoxy) is 2. The number of hydrogen-bond acceptors (Lipinski definition) is 3. The van der Waals surface area contributed by atoms with Crippen molar-refractivity contribution in [1.82, 2.24) is 5.32 Å². The minimum Gasteiger partial charge on any atom is -0.489 e. The summed E-state index contributed by atoms with van der Waals surface area (Å²) in [5.74, 6) is 2.42. The van der Waals surface area contributed by atoms with Gasteiger partial charge < -0.3 is 14.8 Å². The molecule has 0 saturated heterocycles. The average molecular weight is 296 g/mol. The quantitative estimate of drug-likeness (QED) is 0.897. The highest BCUT2D eigenvalue weighted by Crippen LogP contribution is 2.38. The zero-order chi connectivity index (χ0) is 13.9. The molecule has 3 nitrogen and oxygen atoms in total. The van der Waals surface area contributed by atoms with Crippen LogP contribution in [0.4, 0.5) is 0 Å². The fraction of sp³-hybridized carbons (Fsp3) is 0.625. The predicted octanol–water partition coefficient (Wildman–Crippen LogP) is 3.78. The largest absolute Gasteiger partial charge is 0.489 e. The van der Waals surface area contributed by atoms with E-state index in [-0.39, 0.29) is 0 Å². The lowest BCUT2D eigenvalue weighted by Gasteiger charge is -2.15. The maximum absolute atomic E-state index is 6.30. The first-order chi connectivity index (χ1) is 9.72. The van der Waals surface area contributed by atoms with E-state index in [9.17, 15) is 0 Å². The Morgan fingerprint density at radius 2 is 2.10 bits per heavy atom. The Hall–Kier alpha value is -0.930. The summed E-state index contributed by atoms with van der Waals surface area (Å²) in [5, 5.41) is 4.21. The lowest BCUT2D eigenvalue weighted by molar-refractivity contribution is 0.297. The van der Waals surface area contributed by atoms with Gasteiger partial charge in [0, 0.05) is 19.0 Å². The Morgan fingerprint density at radius 1 is 1.30 bits per heavy atom. The van der Waals surface area contributed by atoms with Gasteiger partial charge in [-0.1, -0.05) is 24.4 Å². The molecule has 0 bridgehead atoms. The SMILES string of the molecule is CC(CC1CC1)NCc1cc(Cl)c2c(c1)OCCCO2. The van der Waals surface area contributed by atoms with Crippen LogP contribution in [0.2, 0.25) is 5.02 Å². The van der Waals surface area contributed by atoms with Gasteiger partial charge in [-0.2, -0.15) is 0 Å². The summed E-state index contributed by atoms with van der Waals surface area (Å²) >= 11 is 6.30. The van der Waals surface area contributed by atoms with Crippen LogP contribution in [0.25, 0.3) is 0 Å². The van der Waals surface area contributed by atoms with Gasteiger partial charge in [0.2, 0.25) is 0 Å². The first-order valence-corrected chi connectivity index (χ1v) is 7.91. The highest BCUT2D eigenvalue weighted by atomic mass is 35.5. The van der Waals surface area contributed by atoms with E-state index < -0.39 is 0 Å². The van der Waals surface area contributed by atoms with Crippen molar-refractivity contribution in [1.29, 1.82) is 0 Å². The van der Waals surface area contributed by atoms with E-state index in [4.69, 9.17) is 21.1 Å². The van der Waals surface area contributed by atoms with Crippen LogP contribution in [-0.4, -0.2) is 19.3 Å². The molecule has 4 heteroatoms. The van der Waals surface area contributed by atoms with Crippen LogP contribution in [0.3, 0.4) is 0 Å². The average Bonchev–Trinajstić information content (AvgIpc) is 3.23. The smallest absolute Gasteiger partial charge is 0.179 e. The van der Waals surface area contributed by atoms with Crippen molar-refractivity contribution in [2.24, 2.45) is 5.92 Å². The summed E-state index contributed by atoms with van der Waals surface area (Å²) in [7, 11) is 0. The van der Waals surface area contributed by atoms with E-state index >= 15 is 0 Å². The van der Waals surface area contributed by atoms with Crippen LogP contribution in [-0.2, 0) is 6.54 Å². The summed E-state index contributed by atoms with van der Waals surface area (Å²) in [6.45, 7) is 4.44. The molecule has 0 spiro atoms. The minimum absolute atomic E-state index is 0.553. The molecule has 0 aromatic heterocycles. The number of fused-ring (bicyclic) bond motifs is 1. The number of nitrogens with one attached hydrogen (secondary N) is 1. The van der Waals surface area contributed by atoms with Crippen LogP contribution in [0.1, 0.15) is 38.2 Å². The van der Waals surface area contributed by atoms with Crippen LogP contribution in [0.15, 0.2) is 12.1 Å². The lowest BCUT2D eigenvalue weighted by Crippen LogP contribution is -2.25. The summed E-state index contributed by atoms with van der Waals surface area (Å²) < 4.78 is 11.4.